The number of carbonyl (C=O) groups is 1. The third kappa shape index (κ3) is 5.34. The van der Waals surface area contributed by atoms with E-state index in [2.05, 4.69) is 16.7 Å². The molecule has 30 heavy (non-hydrogen) atoms. The van der Waals surface area contributed by atoms with E-state index in [0.717, 1.165) is 28.7 Å². The number of amides is 1. The Bertz CT molecular complexity index is 884. The van der Waals surface area contributed by atoms with Gasteiger partial charge < -0.3 is 9.64 Å². The van der Waals surface area contributed by atoms with E-state index in [9.17, 15) is 10.0 Å². The van der Waals surface area contributed by atoms with Crippen LogP contribution in [-0.2, 0) is 6.42 Å². The Morgan fingerprint density at radius 1 is 1.33 bits per heavy atom. The molecular formula is C24H32N3O3+. The first-order chi connectivity index (χ1) is 14.1. The molecule has 0 saturated heterocycles. The standard InChI is InChI=1S/C24H32N3O3/c1-8-13-26(14-9-2)21-12-11-18-15-19(17-27(29)24(4,5)6)22(16-20(18)21)30-23(28)25(7)10-3/h1-2,15-17,21,29H,10-14H2,3-7H3/q+1/b27-17-/t21-/m1/s1. The molecule has 0 fully saturated rings. The Morgan fingerprint density at radius 2 is 1.97 bits per heavy atom. The van der Waals surface area contributed by atoms with Crippen molar-refractivity contribution < 1.29 is 19.5 Å². The molecule has 0 unspecified atom stereocenters. The first-order valence-electron chi connectivity index (χ1n) is 10.2. The van der Waals surface area contributed by atoms with Crippen LogP contribution in [0.15, 0.2) is 12.1 Å². The smallest absolute Gasteiger partial charge is 0.409 e. The first kappa shape index (κ1) is 23.3. The van der Waals surface area contributed by atoms with Gasteiger partial charge in [0.25, 0.3) is 0 Å². The van der Waals surface area contributed by atoms with Gasteiger partial charge in [0.2, 0.25) is 11.8 Å². The Labute approximate surface area is 180 Å². The van der Waals surface area contributed by atoms with Gasteiger partial charge in [-0.1, -0.05) is 11.8 Å². The van der Waals surface area contributed by atoms with Crippen LogP contribution in [0.4, 0.5) is 4.79 Å². The Balaban J connectivity index is 2.54. The van der Waals surface area contributed by atoms with Crippen molar-refractivity contribution in [1.29, 1.82) is 0 Å². The Morgan fingerprint density at radius 3 is 2.50 bits per heavy atom. The number of benzene rings is 1. The summed E-state index contributed by atoms with van der Waals surface area (Å²) in [5.74, 6) is 5.75. The lowest BCUT2D eigenvalue weighted by Gasteiger charge is -2.26. The molecule has 160 valence electrons. The number of aryl methyl sites for hydroxylation is 1. The van der Waals surface area contributed by atoms with Crippen LogP contribution < -0.4 is 4.74 Å². The van der Waals surface area contributed by atoms with E-state index >= 15 is 0 Å². The lowest BCUT2D eigenvalue weighted by atomic mass is 10.0. The predicted molar refractivity (Wildman–Crippen MR) is 118 cm³/mol. The van der Waals surface area contributed by atoms with Gasteiger partial charge in [0, 0.05) is 40.4 Å². The van der Waals surface area contributed by atoms with E-state index in [1.807, 2.05) is 39.8 Å². The number of terminal acetylenes is 2. The van der Waals surface area contributed by atoms with Crippen LogP contribution in [0.1, 0.15) is 56.8 Å². The molecule has 2 rings (SSSR count). The second-order valence-corrected chi connectivity index (χ2v) is 8.48. The van der Waals surface area contributed by atoms with Crippen LogP contribution in [0.2, 0.25) is 0 Å². The lowest BCUT2D eigenvalue weighted by molar-refractivity contribution is -0.816. The van der Waals surface area contributed by atoms with Crippen molar-refractivity contribution in [1.82, 2.24) is 9.80 Å². The summed E-state index contributed by atoms with van der Waals surface area (Å²) in [4.78, 5) is 16.0. The fraction of sp³-hybridized carbons (Fsp3) is 0.500. The number of hydrogen-bond acceptors (Lipinski definition) is 4. The molecule has 1 aliphatic carbocycles. The van der Waals surface area contributed by atoms with Gasteiger partial charge in [0.15, 0.2) is 0 Å². The highest BCUT2D eigenvalue weighted by atomic mass is 16.6. The third-order valence-electron chi connectivity index (χ3n) is 5.28. The summed E-state index contributed by atoms with van der Waals surface area (Å²) in [6.07, 6.45) is 14.0. The van der Waals surface area contributed by atoms with Crippen LogP contribution >= 0.6 is 0 Å². The van der Waals surface area contributed by atoms with Gasteiger partial charge in [-0.2, -0.15) is 0 Å². The number of hydrogen-bond donors (Lipinski definition) is 1. The monoisotopic (exact) mass is 410 g/mol. The van der Waals surface area contributed by atoms with Crippen LogP contribution in [0.25, 0.3) is 0 Å². The zero-order chi connectivity index (χ0) is 22.5. The largest absolute Gasteiger partial charge is 0.414 e. The van der Waals surface area contributed by atoms with Gasteiger partial charge in [0.1, 0.15) is 5.75 Å². The summed E-state index contributed by atoms with van der Waals surface area (Å²) in [5, 5.41) is 10.5. The van der Waals surface area contributed by atoms with Crippen LogP contribution in [-0.4, -0.2) is 64.3 Å². The molecule has 0 spiro atoms. The third-order valence-corrected chi connectivity index (χ3v) is 5.28. The number of nitrogens with zero attached hydrogens (tertiary/aromatic N) is 3. The number of fused-ring (bicyclic) bond motifs is 1. The normalized spacial score (nSPS) is 16.0. The molecule has 1 aromatic rings. The minimum atomic E-state index is -0.501. The van der Waals surface area contributed by atoms with Gasteiger partial charge >= 0.3 is 6.09 Å². The van der Waals surface area contributed by atoms with Crippen molar-refractivity contribution in [3.05, 3.63) is 28.8 Å². The molecule has 1 aliphatic rings. The molecule has 0 heterocycles. The molecular weight excluding hydrogens is 378 g/mol. The van der Waals surface area contributed by atoms with Crippen LogP contribution in [0, 0.1) is 24.7 Å². The zero-order valence-electron chi connectivity index (χ0n) is 18.6. The number of ether oxygens (including phenoxy) is 1. The molecule has 1 atom stereocenters. The fourth-order valence-electron chi connectivity index (χ4n) is 3.34. The van der Waals surface area contributed by atoms with Gasteiger partial charge in [-0.3, -0.25) is 10.1 Å². The molecule has 0 radical (unpaired) electrons. The summed E-state index contributed by atoms with van der Waals surface area (Å²) in [6, 6.07) is 3.93. The maximum atomic E-state index is 12.4. The van der Waals surface area contributed by atoms with Crippen molar-refractivity contribution in [3.8, 4) is 30.4 Å². The predicted octanol–water partition coefficient (Wildman–Crippen LogP) is 3.31. The van der Waals surface area contributed by atoms with E-state index in [1.54, 1.807) is 13.3 Å². The van der Waals surface area contributed by atoms with Crippen molar-refractivity contribution in [3.63, 3.8) is 0 Å². The molecule has 0 bridgehead atoms. The number of carbonyl (C=O) groups excluding carboxylic acids is 1. The number of rotatable bonds is 6. The van der Waals surface area contributed by atoms with Gasteiger partial charge in [-0.25, -0.2) is 4.79 Å². The van der Waals surface area contributed by atoms with Crippen molar-refractivity contribution in [2.45, 2.75) is 52.1 Å². The topological polar surface area (TPSA) is 56.0 Å². The molecule has 1 aromatic carbocycles. The molecule has 0 aromatic heterocycles. The average molecular weight is 411 g/mol. The van der Waals surface area contributed by atoms with Crippen LogP contribution in [0.3, 0.4) is 0 Å². The van der Waals surface area contributed by atoms with E-state index < -0.39 is 11.6 Å². The molecule has 0 saturated carbocycles. The first-order valence-corrected chi connectivity index (χ1v) is 10.2. The fourth-order valence-corrected chi connectivity index (χ4v) is 3.34. The van der Waals surface area contributed by atoms with Gasteiger partial charge in [0.05, 0.1) is 18.7 Å². The maximum absolute atomic E-state index is 12.4. The van der Waals surface area contributed by atoms with Gasteiger partial charge in [-0.05, 0) is 47.8 Å². The minimum Gasteiger partial charge on any atom is -0.409 e. The van der Waals surface area contributed by atoms with Crippen molar-refractivity contribution in [2.75, 3.05) is 26.7 Å². The highest BCUT2D eigenvalue weighted by molar-refractivity contribution is 5.83. The highest BCUT2D eigenvalue weighted by Crippen LogP contribution is 2.39. The SMILES string of the molecule is C#CCN(CC#C)[C@@H]1CCc2cc(/C=[N+](\O)C(C)(C)C)c(OC(=O)N(C)CC)cc21. The van der Waals surface area contributed by atoms with E-state index in [0.29, 0.717) is 30.9 Å². The molecule has 0 aliphatic heterocycles. The lowest BCUT2D eigenvalue weighted by Crippen LogP contribution is -2.32. The Hall–Kier alpha value is -2.96. The minimum absolute atomic E-state index is 0.0651. The summed E-state index contributed by atoms with van der Waals surface area (Å²) in [6.45, 7) is 8.97. The van der Waals surface area contributed by atoms with Crippen LogP contribution in [0.5, 0.6) is 5.75 Å². The van der Waals surface area contributed by atoms with E-state index in [1.165, 1.54) is 4.90 Å². The van der Waals surface area contributed by atoms with E-state index in [4.69, 9.17) is 17.6 Å². The summed E-state index contributed by atoms with van der Waals surface area (Å²) in [7, 11) is 1.68. The van der Waals surface area contributed by atoms with Crippen molar-refractivity contribution >= 4 is 12.3 Å². The second kappa shape index (κ2) is 9.69. The number of hydroxylamine groups is 1. The second-order valence-electron chi connectivity index (χ2n) is 8.48. The van der Waals surface area contributed by atoms with E-state index in [-0.39, 0.29) is 6.04 Å². The quantitative estimate of drug-likeness (QED) is 0.257. The maximum Gasteiger partial charge on any atom is 0.414 e. The summed E-state index contributed by atoms with van der Waals surface area (Å²) in [5.41, 5.74) is 2.33. The molecule has 6 heteroatoms. The summed E-state index contributed by atoms with van der Waals surface area (Å²) < 4.78 is 6.83. The average Bonchev–Trinajstić information content (AvgIpc) is 3.09. The van der Waals surface area contributed by atoms with Gasteiger partial charge in [-0.15, -0.1) is 12.8 Å². The molecule has 6 nitrogen and oxygen atoms in total. The molecule has 1 N–H and O–H groups in total. The highest BCUT2D eigenvalue weighted by Gasteiger charge is 2.31. The van der Waals surface area contributed by atoms with Crippen molar-refractivity contribution in [2.24, 2.45) is 0 Å². The summed E-state index contributed by atoms with van der Waals surface area (Å²) >= 11 is 0. The zero-order valence-corrected chi connectivity index (χ0v) is 18.6. The Kier molecular flexibility index (Phi) is 7.54. The molecule has 1 amide bonds.